The van der Waals surface area contributed by atoms with Crippen molar-refractivity contribution < 1.29 is 0 Å². The zero-order chi connectivity index (χ0) is 35.3. The third-order valence-corrected chi connectivity index (χ3v) is 9.69. The van der Waals surface area contributed by atoms with Crippen molar-refractivity contribution in [3.63, 3.8) is 0 Å². The van der Waals surface area contributed by atoms with Gasteiger partial charge in [-0.15, -0.1) is 0 Å². The molecule has 0 spiro atoms. The van der Waals surface area contributed by atoms with E-state index in [0.717, 1.165) is 33.5 Å². The lowest BCUT2D eigenvalue weighted by molar-refractivity contribution is 0.590. The van der Waals surface area contributed by atoms with Gasteiger partial charge in [-0.3, -0.25) is 4.98 Å². The van der Waals surface area contributed by atoms with Crippen molar-refractivity contribution >= 4 is 21.8 Å². The third kappa shape index (κ3) is 6.10. The summed E-state index contributed by atoms with van der Waals surface area (Å²) in [6.45, 7) is 13.7. The molecule has 3 aromatic heterocycles. The van der Waals surface area contributed by atoms with Gasteiger partial charge >= 0.3 is 0 Å². The zero-order valence-electron chi connectivity index (χ0n) is 30.0. The second kappa shape index (κ2) is 12.4. The lowest BCUT2D eigenvalue weighted by Gasteiger charge is -2.19. The van der Waals surface area contributed by atoms with Crippen LogP contribution in [0.15, 0.2) is 140 Å². The molecular formula is C46H41N5. The van der Waals surface area contributed by atoms with E-state index < -0.39 is 0 Å². The Morgan fingerprint density at radius 2 is 0.922 bits per heavy atom. The summed E-state index contributed by atoms with van der Waals surface area (Å²) in [6, 6.07) is 44.9. The number of fused-ring (bicyclic) bond motifs is 3. The van der Waals surface area contributed by atoms with Crippen LogP contribution in [0.5, 0.6) is 0 Å². The van der Waals surface area contributed by atoms with Crippen LogP contribution >= 0.6 is 0 Å². The quantitative estimate of drug-likeness (QED) is 0.184. The predicted octanol–water partition coefficient (Wildman–Crippen LogP) is 11.6. The molecule has 5 aromatic carbocycles. The minimum absolute atomic E-state index is 0.0299. The Kier molecular flexibility index (Phi) is 7.87. The number of aromatic nitrogens is 5. The van der Waals surface area contributed by atoms with Crippen LogP contribution < -0.4 is 0 Å². The Morgan fingerprint density at radius 3 is 1.41 bits per heavy atom. The Morgan fingerprint density at radius 1 is 0.431 bits per heavy atom. The number of pyridine rings is 1. The monoisotopic (exact) mass is 663 g/mol. The molecule has 5 heteroatoms. The molecule has 250 valence electrons. The van der Waals surface area contributed by atoms with Gasteiger partial charge in [-0.05, 0) is 87.7 Å². The van der Waals surface area contributed by atoms with Gasteiger partial charge in [0.15, 0.2) is 17.5 Å². The highest BCUT2D eigenvalue weighted by molar-refractivity contribution is 6.10. The second-order valence-electron chi connectivity index (χ2n) is 15.3. The van der Waals surface area contributed by atoms with E-state index in [2.05, 4.69) is 118 Å². The smallest absolute Gasteiger partial charge is 0.164 e. The van der Waals surface area contributed by atoms with Crippen LogP contribution in [0.25, 0.3) is 72.8 Å². The second-order valence-corrected chi connectivity index (χ2v) is 15.3. The van der Waals surface area contributed by atoms with E-state index in [1.54, 1.807) is 0 Å². The molecule has 0 amide bonds. The summed E-state index contributed by atoms with van der Waals surface area (Å²) >= 11 is 0. The van der Waals surface area contributed by atoms with E-state index in [4.69, 9.17) is 15.0 Å². The minimum atomic E-state index is 0.0299. The number of hydrogen-bond acceptors (Lipinski definition) is 4. The zero-order valence-corrected chi connectivity index (χ0v) is 30.0. The van der Waals surface area contributed by atoms with Gasteiger partial charge in [0.2, 0.25) is 0 Å². The Labute approximate surface area is 299 Å². The molecule has 0 N–H and O–H groups in total. The fraction of sp³-hybridized carbons (Fsp3) is 0.174. The molecule has 0 saturated carbocycles. The van der Waals surface area contributed by atoms with E-state index in [1.807, 2.05) is 73.1 Å². The van der Waals surface area contributed by atoms with Crippen LogP contribution in [0.2, 0.25) is 0 Å². The molecule has 5 nitrogen and oxygen atoms in total. The minimum Gasteiger partial charge on any atom is -0.309 e. The molecule has 51 heavy (non-hydrogen) atoms. The van der Waals surface area contributed by atoms with Crippen molar-refractivity contribution in [1.29, 1.82) is 0 Å². The summed E-state index contributed by atoms with van der Waals surface area (Å²) in [5.41, 5.74) is 11.0. The van der Waals surface area contributed by atoms with Crippen molar-refractivity contribution in [2.24, 2.45) is 0 Å². The maximum atomic E-state index is 5.10. The number of benzene rings is 5. The molecule has 0 bridgehead atoms. The third-order valence-electron chi connectivity index (χ3n) is 9.69. The first-order valence-electron chi connectivity index (χ1n) is 17.6. The van der Waals surface area contributed by atoms with Crippen LogP contribution in [-0.4, -0.2) is 24.5 Å². The van der Waals surface area contributed by atoms with Crippen LogP contribution in [0.1, 0.15) is 52.7 Å². The Hall–Kier alpha value is -5.94. The molecule has 0 aliphatic heterocycles. The standard InChI is InChI=1S/C46H41N5/c1-45(2,3)33-17-21-40-38(27-33)39-28-34(46(4,5)6)18-22-41(39)51(40)35-19-20-36(37(29-35)30-23-25-47-26-24-30)44-49-42(31-13-9-7-10-14-31)48-43(50-44)32-15-11-8-12-16-32/h7-29H,1-6H3. The van der Waals surface area contributed by atoms with Gasteiger partial charge in [-0.1, -0.05) is 114 Å². The molecule has 0 atom stereocenters. The predicted molar refractivity (Wildman–Crippen MR) is 211 cm³/mol. The number of hydrogen-bond donors (Lipinski definition) is 0. The summed E-state index contributed by atoms with van der Waals surface area (Å²) in [7, 11) is 0. The highest BCUT2D eigenvalue weighted by Gasteiger charge is 2.22. The highest BCUT2D eigenvalue weighted by Crippen LogP contribution is 2.40. The molecule has 0 aliphatic rings. The molecule has 3 heterocycles. The topological polar surface area (TPSA) is 56.5 Å². The van der Waals surface area contributed by atoms with Gasteiger partial charge in [0.25, 0.3) is 0 Å². The molecular weight excluding hydrogens is 623 g/mol. The molecule has 8 rings (SSSR count). The SMILES string of the molecule is CC(C)(C)c1ccc2c(c1)c1cc(C(C)(C)C)ccc1n2-c1ccc(-c2nc(-c3ccccc3)nc(-c3ccccc3)n2)c(-c2ccncc2)c1. The average Bonchev–Trinajstić information content (AvgIpc) is 3.48. The van der Waals surface area contributed by atoms with Crippen LogP contribution in [0.4, 0.5) is 0 Å². The Bertz CT molecular complexity index is 2390. The first-order valence-corrected chi connectivity index (χ1v) is 17.6. The summed E-state index contributed by atoms with van der Waals surface area (Å²) < 4.78 is 2.40. The van der Waals surface area contributed by atoms with Gasteiger partial charge < -0.3 is 4.57 Å². The van der Waals surface area contributed by atoms with Crippen molar-refractivity contribution in [1.82, 2.24) is 24.5 Å². The van der Waals surface area contributed by atoms with Gasteiger partial charge in [-0.25, -0.2) is 15.0 Å². The first kappa shape index (κ1) is 32.3. The molecule has 8 aromatic rings. The molecule has 0 unspecified atom stereocenters. The van der Waals surface area contributed by atoms with Crippen LogP contribution in [0.3, 0.4) is 0 Å². The first-order chi connectivity index (χ1) is 24.5. The molecule has 0 radical (unpaired) electrons. The van der Waals surface area contributed by atoms with Gasteiger partial charge in [-0.2, -0.15) is 0 Å². The maximum absolute atomic E-state index is 5.10. The summed E-state index contributed by atoms with van der Waals surface area (Å²) in [6.07, 6.45) is 3.68. The molecule has 0 saturated heterocycles. The average molecular weight is 664 g/mol. The largest absolute Gasteiger partial charge is 0.309 e. The molecule has 0 fully saturated rings. The van der Waals surface area contributed by atoms with Crippen molar-refractivity contribution in [2.45, 2.75) is 52.4 Å². The van der Waals surface area contributed by atoms with Crippen molar-refractivity contribution in [2.75, 3.05) is 0 Å². The summed E-state index contributed by atoms with van der Waals surface area (Å²) in [5.74, 6) is 1.89. The van der Waals surface area contributed by atoms with E-state index in [1.165, 1.54) is 32.9 Å². The van der Waals surface area contributed by atoms with Gasteiger partial charge in [0.05, 0.1) is 11.0 Å². The van der Waals surface area contributed by atoms with Crippen molar-refractivity contribution in [3.05, 3.63) is 151 Å². The van der Waals surface area contributed by atoms with Crippen LogP contribution in [-0.2, 0) is 10.8 Å². The van der Waals surface area contributed by atoms with E-state index in [-0.39, 0.29) is 10.8 Å². The lowest BCUT2D eigenvalue weighted by atomic mass is 9.85. The normalized spacial score (nSPS) is 12.1. The summed E-state index contributed by atoms with van der Waals surface area (Å²) in [4.78, 5) is 19.5. The fourth-order valence-corrected chi connectivity index (χ4v) is 6.80. The van der Waals surface area contributed by atoms with E-state index in [0.29, 0.717) is 17.5 Å². The van der Waals surface area contributed by atoms with Gasteiger partial charge in [0, 0.05) is 45.5 Å². The van der Waals surface area contributed by atoms with Crippen LogP contribution in [0, 0.1) is 0 Å². The fourth-order valence-electron chi connectivity index (χ4n) is 6.80. The molecule has 0 aliphatic carbocycles. The van der Waals surface area contributed by atoms with E-state index >= 15 is 0 Å². The Balaban J connectivity index is 1.39. The van der Waals surface area contributed by atoms with Crippen molar-refractivity contribution in [3.8, 4) is 51.0 Å². The highest BCUT2D eigenvalue weighted by atomic mass is 15.0. The number of rotatable bonds is 5. The number of nitrogens with zero attached hydrogens (tertiary/aromatic N) is 5. The maximum Gasteiger partial charge on any atom is 0.164 e. The van der Waals surface area contributed by atoms with Gasteiger partial charge in [0.1, 0.15) is 0 Å². The van der Waals surface area contributed by atoms with E-state index in [9.17, 15) is 0 Å². The summed E-state index contributed by atoms with van der Waals surface area (Å²) in [5, 5.41) is 2.52. The lowest BCUT2D eigenvalue weighted by Crippen LogP contribution is -2.10.